The molecule has 1 aliphatic heterocycles. The number of nitrogens with zero attached hydrogens (tertiary/aromatic N) is 1. The minimum absolute atomic E-state index is 0.0106. The molecule has 2 fully saturated rings. The second-order valence-electron chi connectivity index (χ2n) is 8.19. The Morgan fingerprint density at radius 1 is 1.14 bits per heavy atom. The summed E-state index contributed by atoms with van der Waals surface area (Å²) in [5.74, 6) is 1.39. The Balaban J connectivity index is 1.74. The van der Waals surface area contributed by atoms with Gasteiger partial charge >= 0.3 is 6.03 Å². The van der Waals surface area contributed by atoms with Gasteiger partial charge in [0.2, 0.25) is 0 Å². The van der Waals surface area contributed by atoms with Crippen molar-refractivity contribution in [2.24, 2.45) is 11.8 Å². The van der Waals surface area contributed by atoms with Crippen LogP contribution in [0.5, 0.6) is 0 Å². The van der Waals surface area contributed by atoms with Crippen molar-refractivity contribution in [3.63, 3.8) is 0 Å². The second-order valence-corrected chi connectivity index (χ2v) is 8.19. The van der Waals surface area contributed by atoms with E-state index in [0.717, 1.165) is 32.0 Å². The average Bonchev–Trinajstić information content (AvgIpc) is 2.49. The van der Waals surface area contributed by atoms with E-state index in [1.807, 2.05) is 0 Å². The monoisotopic (exact) mass is 309 g/mol. The zero-order valence-electron chi connectivity index (χ0n) is 15.0. The maximum Gasteiger partial charge on any atom is 0.315 e. The predicted octanol–water partition coefficient (Wildman–Crippen LogP) is 3.37. The molecule has 1 heterocycles. The number of rotatable bonds is 4. The molecule has 2 amide bonds. The lowest BCUT2D eigenvalue weighted by atomic mass is 9.80. The highest BCUT2D eigenvalue weighted by atomic mass is 16.2. The van der Waals surface area contributed by atoms with Gasteiger partial charge in [-0.05, 0) is 70.9 Å². The highest BCUT2D eigenvalue weighted by Gasteiger charge is 2.30. The van der Waals surface area contributed by atoms with Crippen LogP contribution in [0.1, 0.15) is 66.2 Å². The number of carbonyl (C=O) groups is 1. The van der Waals surface area contributed by atoms with Crippen molar-refractivity contribution in [2.45, 2.75) is 77.8 Å². The molecular weight excluding hydrogens is 274 g/mol. The van der Waals surface area contributed by atoms with Gasteiger partial charge in [0, 0.05) is 18.1 Å². The molecule has 4 heteroatoms. The van der Waals surface area contributed by atoms with E-state index in [1.165, 1.54) is 32.1 Å². The summed E-state index contributed by atoms with van der Waals surface area (Å²) in [6, 6.07) is 0.353. The van der Waals surface area contributed by atoms with Crippen molar-refractivity contribution in [3.05, 3.63) is 0 Å². The van der Waals surface area contributed by atoms with Gasteiger partial charge in [0.15, 0.2) is 0 Å². The first-order chi connectivity index (χ1) is 10.4. The van der Waals surface area contributed by atoms with Gasteiger partial charge in [-0.25, -0.2) is 4.79 Å². The third-order valence-corrected chi connectivity index (χ3v) is 5.64. The summed E-state index contributed by atoms with van der Waals surface area (Å²) in [5.41, 5.74) is 0.0461. The summed E-state index contributed by atoms with van der Waals surface area (Å²) in [5, 5.41) is 6.30. The van der Waals surface area contributed by atoms with Crippen LogP contribution in [0.15, 0.2) is 0 Å². The fraction of sp³-hybridized carbons (Fsp3) is 0.944. The molecule has 1 saturated carbocycles. The quantitative estimate of drug-likeness (QED) is 0.836. The van der Waals surface area contributed by atoms with Gasteiger partial charge in [-0.3, -0.25) is 4.90 Å². The average molecular weight is 309 g/mol. The Morgan fingerprint density at radius 2 is 1.82 bits per heavy atom. The molecule has 4 nitrogen and oxygen atoms in total. The first-order valence-electron chi connectivity index (χ1n) is 9.18. The standard InChI is InChI=1S/C18H35N3O/c1-14-8-9-16(15(2)12-14)20-17(22)19-13-18(3,4)21-10-6-5-7-11-21/h14-16H,5-13H2,1-4H3,(H2,19,20,22)/t14-,15-,16+/m1/s1. The second kappa shape index (κ2) is 7.67. The third-order valence-electron chi connectivity index (χ3n) is 5.64. The van der Waals surface area contributed by atoms with Gasteiger partial charge in [-0.2, -0.15) is 0 Å². The molecule has 0 aromatic carbocycles. The molecule has 2 aliphatic rings. The molecule has 128 valence electrons. The largest absolute Gasteiger partial charge is 0.336 e. The molecule has 0 radical (unpaired) electrons. The molecule has 0 spiro atoms. The SMILES string of the molecule is C[C@@H]1CC[C@H](NC(=O)NCC(C)(C)N2CCCCC2)[C@H](C)C1. The number of carbonyl (C=O) groups excluding carboxylic acids is 1. The minimum atomic E-state index is 0.0106. The number of nitrogens with one attached hydrogen (secondary N) is 2. The molecule has 0 bridgehead atoms. The lowest BCUT2D eigenvalue weighted by Gasteiger charge is -2.41. The lowest BCUT2D eigenvalue weighted by Crippen LogP contribution is -2.56. The maximum absolute atomic E-state index is 12.2. The number of hydrogen-bond donors (Lipinski definition) is 2. The first-order valence-corrected chi connectivity index (χ1v) is 9.18. The minimum Gasteiger partial charge on any atom is -0.336 e. The van der Waals surface area contributed by atoms with E-state index in [2.05, 4.69) is 43.2 Å². The van der Waals surface area contributed by atoms with E-state index < -0.39 is 0 Å². The Morgan fingerprint density at radius 3 is 2.45 bits per heavy atom. The summed E-state index contributed by atoms with van der Waals surface area (Å²) < 4.78 is 0. The highest BCUT2D eigenvalue weighted by Crippen LogP contribution is 2.28. The number of urea groups is 1. The van der Waals surface area contributed by atoms with Gasteiger partial charge < -0.3 is 10.6 Å². The number of likely N-dealkylation sites (tertiary alicyclic amines) is 1. The van der Waals surface area contributed by atoms with Crippen molar-refractivity contribution >= 4 is 6.03 Å². The molecule has 0 aromatic rings. The van der Waals surface area contributed by atoms with Crippen molar-refractivity contribution in [3.8, 4) is 0 Å². The summed E-state index contributed by atoms with van der Waals surface area (Å²) in [4.78, 5) is 14.7. The van der Waals surface area contributed by atoms with E-state index in [-0.39, 0.29) is 11.6 Å². The molecule has 3 atom stereocenters. The predicted molar refractivity (Wildman–Crippen MR) is 92.0 cm³/mol. The van der Waals surface area contributed by atoms with Crippen LogP contribution in [0.4, 0.5) is 4.79 Å². The van der Waals surface area contributed by atoms with Crippen LogP contribution >= 0.6 is 0 Å². The topological polar surface area (TPSA) is 44.4 Å². The van der Waals surface area contributed by atoms with Crippen LogP contribution in [-0.4, -0.2) is 42.1 Å². The maximum atomic E-state index is 12.2. The van der Waals surface area contributed by atoms with Crippen molar-refractivity contribution in [1.29, 1.82) is 0 Å². The molecule has 1 saturated heterocycles. The third kappa shape index (κ3) is 4.87. The van der Waals surface area contributed by atoms with E-state index in [1.54, 1.807) is 0 Å². The highest BCUT2D eigenvalue weighted by molar-refractivity contribution is 5.74. The smallest absolute Gasteiger partial charge is 0.315 e. The van der Waals surface area contributed by atoms with Crippen LogP contribution in [0.3, 0.4) is 0 Å². The Labute approximate surface area is 136 Å². The van der Waals surface area contributed by atoms with E-state index >= 15 is 0 Å². The lowest BCUT2D eigenvalue weighted by molar-refractivity contribution is 0.0955. The van der Waals surface area contributed by atoms with E-state index in [9.17, 15) is 4.79 Å². The molecule has 22 heavy (non-hydrogen) atoms. The van der Waals surface area contributed by atoms with Gasteiger partial charge in [0.25, 0.3) is 0 Å². The summed E-state index contributed by atoms with van der Waals surface area (Å²) >= 11 is 0. The fourth-order valence-electron chi connectivity index (χ4n) is 4.01. The van der Waals surface area contributed by atoms with Crippen molar-refractivity contribution in [2.75, 3.05) is 19.6 Å². The molecular formula is C18H35N3O. The van der Waals surface area contributed by atoms with Crippen LogP contribution in [-0.2, 0) is 0 Å². The Kier molecular flexibility index (Phi) is 6.13. The van der Waals surface area contributed by atoms with Crippen molar-refractivity contribution < 1.29 is 4.79 Å². The number of piperidine rings is 1. The first kappa shape index (κ1) is 17.6. The molecule has 1 aliphatic carbocycles. The summed E-state index contributed by atoms with van der Waals surface area (Å²) in [6.45, 7) is 12.1. The van der Waals surface area contributed by atoms with E-state index in [4.69, 9.17) is 0 Å². The zero-order chi connectivity index (χ0) is 16.2. The van der Waals surface area contributed by atoms with Crippen molar-refractivity contribution in [1.82, 2.24) is 15.5 Å². The number of hydrogen-bond acceptors (Lipinski definition) is 2. The molecule has 0 aromatic heterocycles. The van der Waals surface area contributed by atoms with Gasteiger partial charge in [-0.1, -0.05) is 20.3 Å². The summed E-state index contributed by atoms with van der Waals surface area (Å²) in [6.07, 6.45) is 7.49. The van der Waals surface area contributed by atoms with Crippen LogP contribution in [0.25, 0.3) is 0 Å². The number of amides is 2. The van der Waals surface area contributed by atoms with Crippen LogP contribution < -0.4 is 10.6 Å². The Bertz CT molecular complexity index is 363. The zero-order valence-corrected chi connectivity index (χ0v) is 15.0. The molecule has 2 rings (SSSR count). The molecule has 0 unspecified atom stereocenters. The van der Waals surface area contributed by atoms with Gasteiger partial charge in [0.1, 0.15) is 0 Å². The fourth-order valence-corrected chi connectivity index (χ4v) is 4.01. The molecule has 2 N–H and O–H groups in total. The van der Waals surface area contributed by atoms with Crippen LogP contribution in [0.2, 0.25) is 0 Å². The summed E-state index contributed by atoms with van der Waals surface area (Å²) in [7, 11) is 0. The van der Waals surface area contributed by atoms with Crippen LogP contribution in [0, 0.1) is 11.8 Å². The Hall–Kier alpha value is -0.770. The van der Waals surface area contributed by atoms with Gasteiger partial charge in [-0.15, -0.1) is 0 Å². The van der Waals surface area contributed by atoms with E-state index in [0.29, 0.717) is 12.0 Å². The normalized spacial score (nSPS) is 30.8. The van der Waals surface area contributed by atoms with Gasteiger partial charge in [0.05, 0.1) is 0 Å².